The predicted octanol–water partition coefficient (Wildman–Crippen LogP) is 5.93. The Balaban J connectivity index is 1.83. The van der Waals surface area contributed by atoms with Crippen molar-refractivity contribution in [2.75, 3.05) is 11.9 Å². The van der Waals surface area contributed by atoms with Crippen LogP contribution in [0.2, 0.25) is 5.02 Å². The zero-order valence-electron chi connectivity index (χ0n) is 15.2. The topological polar surface area (TPSA) is 42.2 Å². The third kappa shape index (κ3) is 3.67. The number of anilines is 1. The summed E-state index contributed by atoms with van der Waals surface area (Å²) in [6.45, 7) is 3.10. The summed E-state index contributed by atoms with van der Waals surface area (Å²) in [4.78, 5) is 9.42. The molecule has 4 aromatic rings. The molecule has 5 heteroatoms. The van der Waals surface area contributed by atoms with Crippen molar-refractivity contribution in [3.8, 4) is 22.5 Å². The zero-order valence-corrected chi connectivity index (χ0v) is 15.9. The number of nitrogens with one attached hydrogen (secondary N) is 1. The van der Waals surface area contributed by atoms with E-state index in [-0.39, 0.29) is 0 Å². The summed E-state index contributed by atoms with van der Waals surface area (Å²) in [7, 11) is 0. The number of benzene rings is 2. The molecule has 0 spiro atoms. The Labute approximate surface area is 163 Å². The van der Waals surface area contributed by atoms with Crippen LogP contribution in [0.25, 0.3) is 28.2 Å². The molecule has 0 aliphatic carbocycles. The molecule has 0 atom stereocenters. The van der Waals surface area contributed by atoms with Crippen molar-refractivity contribution >= 4 is 23.1 Å². The van der Waals surface area contributed by atoms with Gasteiger partial charge in [-0.25, -0.2) is 4.98 Å². The molecule has 0 bridgehead atoms. The summed E-state index contributed by atoms with van der Waals surface area (Å²) in [5, 5.41) is 4.29. The summed E-state index contributed by atoms with van der Waals surface area (Å²) < 4.78 is 2.09. The second-order valence-corrected chi connectivity index (χ2v) is 6.90. The van der Waals surface area contributed by atoms with Crippen LogP contribution >= 0.6 is 11.6 Å². The van der Waals surface area contributed by atoms with E-state index >= 15 is 0 Å². The van der Waals surface area contributed by atoms with Crippen LogP contribution in [0, 0.1) is 0 Å². The highest BCUT2D eigenvalue weighted by atomic mass is 35.5. The Morgan fingerprint density at radius 1 is 1.00 bits per heavy atom. The number of fused-ring (bicyclic) bond motifs is 1. The van der Waals surface area contributed by atoms with Gasteiger partial charge < -0.3 is 5.32 Å². The van der Waals surface area contributed by atoms with Crippen LogP contribution < -0.4 is 5.32 Å². The van der Waals surface area contributed by atoms with Gasteiger partial charge in [0, 0.05) is 28.9 Å². The first-order valence-electron chi connectivity index (χ1n) is 9.19. The second kappa shape index (κ2) is 7.80. The van der Waals surface area contributed by atoms with Crippen molar-refractivity contribution in [3.63, 3.8) is 0 Å². The molecule has 0 radical (unpaired) electrons. The summed E-state index contributed by atoms with van der Waals surface area (Å²) >= 11 is 6.02. The summed E-state index contributed by atoms with van der Waals surface area (Å²) in [5.74, 6) is 1.00. The van der Waals surface area contributed by atoms with Gasteiger partial charge in [0.15, 0.2) is 5.65 Å². The molecule has 2 aromatic heterocycles. The Morgan fingerprint density at radius 3 is 2.52 bits per heavy atom. The Bertz CT molecular complexity index is 1040. The number of halogens is 1. The molecule has 0 saturated carbocycles. The molecule has 4 rings (SSSR count). The Morgan fingerprint density at radius 2 is 1.78 bits per heavy atom. The fourth-order valence-electron chi connectivity index (χ4n) is 3.07. The first-order chi connectivity index (χ1) is 13.3. The molecule has 2 heterocycles. The van der Waals surface area contributed by atoms with E-state index in [0.29, 0.717) is 0 Å². The second-order valence-electron chi connectivity index (χ2n) is 6.46. The van der Waals surface area contributed by atoms with E-state index in [1.165, 1.54) is 0 Å². The molecule has 0 amide bonds. The van der Waals surface area contributed by atoms with Crippen molar-refractivity contribution in [1.29, 1.82) is 0 Å². The lowest BCUT2D eigenvalue weighted by Gasteiger charge is -2.09. The van der Waals surface area contributed by atoms with Crippen molar-refractivity contribution < 1.29 is 0 Å². The highest BCUT2D eigenvalue weighted by molar-refractivity contribution is 6.30. The maximum atomic E-state index is 6.02. The van der Waals surface area contributed by atoms with Gasteiger partial charge >= 0.3 is 0 Å². The maximum Gasteiger partial charge on any atom is 0.157 e. The third-order valence-electron chi connectivity index (χ3n) is 4.52. The van der Waals surface area contributed by atoms with Crippen LogP contribution in [-0.2, 0) is 0 Å². The largest absolute Gasteiger partial charge is 0.369 e. The van der Waals surface area contributed by atoms with E-state index in [0.717, 1.165) is 58.4 Å². The van der Waals surface area contributed by atoms with Gasteiger partial charge in [-0.15, -0.1) is 0 Å². The summed E-state index contributed by atoms with van der Waals surface area (Å²) in [6.07, 6.45) is 6.10. The fraction of sp³-hybridized carbons (Fsp3) is 0.182. The average Bonchev–Trinajstić information content (AvgIpc) is 3.07. The van der Waals surface area contributed by atoms with Gasteiger partial charge in [-0.05, 0) is 18.6 Å². The molecule has 27 heavy (non-hydrogen) atoms. The van der Waals surface area contributed by atoms with Crippen molar-refractivity contribution in [2.24, 2.45) is 0 Å². The molecule has 0 aliphatic heterocycles. The van der Waals surface area contributed by atoms with Crippen molar-refractivity contribution in [2.45, 2.75) is 19.8 Å². The lowest BCUT2D eigenvalue weighted by molar-refractivity contribution is 0.830. The molecule has 4 nitrogen and oxygen atoms in total. The van der Waals surface area contributed by atoms with Gasteiger partial charge in [-0.2, -0.15) is 0 Å². The van der Waals surface area contributed by atoms with Gasteiger partial charge in [-0.3, -0.25) is 9.38 Å². The summed E-state index contributed by atoms with van der Waals surface area (Å²) in [5.41, 5.74) is 4.77. The molecular formula is C22H21ClN4. The zero-order chi connectivity index (χ0) is 18.6. The Hall–Kier alpha value is -2.85. The SMILES string of the molecule is CCCCNc1c(-c2ccccc2)nc2cnc(-c3ccc(Cl)cc3)cn12. The normalized spacial score (nSPS) is 11.0. The molecular weight excluding hydrogens is 356 g/mol. The van der Waals surface area contributed by atoms with Crippen LogP contribution in [0.4, 0.5) is 5.82 Å². The minimum Gasteiger partial charge on any atom is -0.369 e. The van der Waals surface area contributed by atoms with Crippen LogP contribution in [0.3, 0.4) is 0 Å². The lowest BCUT2D eigenvalue weighted by atomic mass is 10.1. The maximum absolute atomic E-state index is 6.02. The monoisotopic (exact) mass is 376 g/mol. The predicted molar refractivity (Wildman–Crippen MR) is 112 cm³/mol. The number of unbranched alkanes of at least 4 members (excludes halogenated alkanes) is 1. The number of hydrogen-bond acceptors (Lipinski definition) is 3. The van der Waals surface area contributed by atoms with Gasteiger partial charge in [0.1, 0.15) is 11.5 Å². The smallest absolute Gasteiger partial charge is 0.157 e. The molecule has 0 fully saturated rings. The fourth-order valence-corrected chi connectivity index (χ4v) is 3.20. The van der Waals surface area contributed by atoms with E-state index in [4.69, 9.17) is 16.6 Å². The highest BCUT2D eigenvalue weighted by Gasteiger charge is 2.15. The average molecular weight is 377 g/mol. The number of imidazole rings is 1. The molecule has 0 aliphatic rings. The Kier molecular flexibility index (Phi) is 5.07. The van der Waals surface area contributed by atoms with E-state index in [2.05, 4.69) is 33.8 Å². The van der Waals surface area contributed by atoms with Gasteiger partial charge in [-0.1, -0.05) is 67.4 Å². The molecule has 2 aromatic carbocycles. The van der Waals surface area contributed by atoms with E-state index in [1.807, 2.05) is 54.9 Å². The number of rotatable bonds is 6. The molecule has 1 N–H and O–H groups in total. The summed E-state index contributed by atoms with van der Waals surface area (Å²) in [6, 6.07) is 18.0. The molecule has 0 unspecified atom stereocenters. The van der Waals surface area contributed by atoms with Crippen LogP contribution in [0.5, 0.6) is 0 Å². The van der Waals surface area contributed by atoms with E-state index in [9.17, 15) is 0 Å². The van der Waals surface area contributed by atoms with Crippen LogP contribution in [0.1, 0.15) is 19.8 Å². The van der Waals surface area contributed by atoms with E-state index < -0.39 is 0 Å². The molecule has 136 valence electrons. The first kappa shape index (κ1) is 17.6. The first-order valence-corrected chi connectivity index (χ1v) is 9.57. The van der Waals surface area contributed by atoms with Crippen LogP contribution in [0.15, 0.2) is 67.0 Å². The van der Waals surface area contributed by atoms with Crippen molar-refractivity contribution in [3.05, 3.63) is 72.0 Å². The standard InChI is InChI=1S/C22H21ClN4/c1-2-3-13-24-22-21(17-7-5-4-6-8-17)26-20-14-25-19(15-27(20)22)16-9-11-18(23)12-10-16/h4-12,14-15,24H,2-3,13H2,1H3. The van der Waals surface area contributed by atoms with Gasteiger partial charge in [0.25, 0.3) is 0 Å². The van der Waals surface area contributed by atoms with Crippen LogP contribution in [-0.4, -0.2) is 20.9 Å². The third-order valence-corrected chi connectivity index (χ3v) is 4.77. The molecule has 0 saturated heterocycles. The quantitative estimate of drug-likeness (QED) is 0.424. The number of aromatic nitrogens is 3. The lowest BCUT2D eigenvalue weighted by Crippen LogP contribution is -2.05. The number of hydrogen-bond donors (Lipinski definition) is 1. The van der Waals surface area contributed by atoms with E-state index in [1.54, 1.807) is 0 Å². The minimum absolute atomic E-state index is 0.718. The van der Waals surface area contributed by atoms with Crippen molar-refractivity contribution in [1.82, 2.24) is 14.4 Å². The van der Waals surface area contributed by atoms with Gasteiger partial charge in [0.2, 0.25) is 0 Å². The van der Waals surface area contributed by atoms with Gasteiger partial charge in [0.05, 0.1) is 11.9 Å². The number of nitrogens with zero attached hydrogens (tertiary/aromatic N) is 3. The highest BCUT2D eigenvalue weighted by Crippen LogP contribution is 2.30. The minimum atomic E-state index is 0.718.